The third-order valence-corrected chi connectivity index (χ3v) is 16.3. The summed E-state index contributed by atoms with van der Waals surface area (Å²) in [6.07, 6.45) is -2.25. The summed E-state index contributed by atoms with van der Waals surface area (Å²) in [4.78, 5) is 79.3. The molecule has 3 aliphatic rings. The van der Waals surface area contributed by atoms with Crippen molar-refractivity contribution in [2.75, 3.05) is 42.5 Å². The number of hydrogen-bond acceptors (Lipinski definition) is 18. The number of aromatic nitrogens is 6. The van der Waals surface area contributed by atoms with Crippen LogP contribution >= 0.6 is 0 Å². The van der Waals surface area contributed by atoms with Gasteiger partial charge in [0.2, 0.25) is 0 Å². The largest absolute Gasteiger partial charge is 0.496 e. The fourth-order valence-corrected chi connectivity index (χ4v) is 11.2. The quantitative estimate of drug-likeness (QED) is 0.0959. The summed E-state index contributed by atoms with van der Waals surface area (Å²) in [5, 5.41) is 0. The number of alkyl halides is 9. The number of hydrogen-bond donors (Lipinski definition) is 3. The van der Waals surface area contributed by atoms with Crippen LogP contribution in [-0.2, 0) is 49.5 Å². The second kappa shape index (κ2) is 26.5. The summed E-state index contributed by atoms with van der Waals surface area (Å²) in [5.41, 5.74) is 9.66. The van der Waals surface area contributed by atoms with E-state index in [1.54, 1.807) is 0 Å². The highest BCUT2D eigenvalue weighted by molar-refractivity contribution is 6.11. The van der Waals surface area contributed by atoms with E-state index < -0.39 is 104 Å². The van der Waals surface area contributed by atoms with E-state index >= 15 is 0 Å². The van der Waals surface area contributed by atoms with Gasteiger partial charge in [0.25, 0.3) is 17.7 Å². The first-order valence-electron chi connectivity index (χ1n) is 28.6. The lowest BCUT2D eigenvalue weighted by Crippen LogP contribution is -2.41. The summed E-state index contributed by atoms with van der Waals surface area (Å²) < 4.78 is 182. The van der Waals surface area contributed by atoms with Crippen LogP contribution in [0.4, 0.5) is 52.7 Å². The lowest BCUT2D eigenvalue weighted by Gasteiger charge is -2.27. The van der Waals surface area contributed by atoms with Crippen molar-refractivity contribution in [2.45, 2.75) is 35.1 Å². The molecule has 12 rings (SSSR count). The maximum atomic E-state index is 14.7. The first kappa shape index (κ1) is 69.8. The van der Waals surface area contributed by atoms with E-state index in [1.807, 2.05) is 0 Å². The average Bonchev–Trinajstić information content (AvgIpc) is 1.65. The number of benzene rings is 6. The van der Waals surface area contributed by atoms with Crippen molar-refractivity contribution < 1.29 is 81.3 Å². The normalized spacial score (nSPS) is 18.4. The molecule has 0 aliphatic carbocycles. The molecule has 3 amide bonds. The van der Waals surface area contributed by atoms with Crippen molar-refractivity contribution >= 4 is 35.6 Å². The molecule has 6 heterocycles. The molecule has 3 aromatic heterocycles. The molecule has 0 bridgehead atoms. The molecule has 510 valence electrons. The van der Waals surface area contributed by atoms with Crippen LogP contribution in [0.25, 0.3) is 33.4 Å². The van der Waals surface area contributed by atoms with Crippen LogP contribution in [0.3, 0.4) is 0 Å². The molecule has 0 radical (unpaired) electrons. The molecule has 3 aliphatic heterocycles. The fourth-order valence-electron chi connectivity index (χ4n) is 11.2. The predicted octanol–water partition coefficient (Wildman–Crippen LogP) is 10.0. The van der Waals surface area contributed by atoms with Gasteiger partial charge in [0.05, 0.1) is 38.0 Å². The number of guanidine groups is 3. The molecule has 6 aromatic carbocycles. The molecule has 9 aromatic rings. The first-order valence-corrected chi connectivity index (χ1v) is 28.6. The number of likely N-dealkylation sites (N-methyl/N-ethyl adjacent to an activating group) is 3. The summed E-state index contributed by atoms with van der Waals surface area (Å²) >= 11 is 0. The number of carbonyl (C=O) groups is 3. The van der Waals surface area contributed by atoms with Gasteiger partial charge >= 0.3 is 18.5 Å². The highest BCUT2D eigenvalue weighted by Crippen LogP contribution is 2.49. The zero-order valence-electron chi connectivity index (χ0n) is 52.2. The van der Waals surface area contributed by atoms with Crippen molar-refractivity contribution in [1.29, 1.82) is 0 Å². The zero-order chi connectivity index (χ0) is 71.9. The van der Waals surface area contributed by atoms with E-state index in [2.05, 4.69) is 44.9 Å². The average molecular weight is 1380 g/mol. The highest BCUT2D eigenvalue weighted by Gasteiger charge is 2.54. The molecular formula is C66H51F12N15O6. The monoisotopic (exact) mass is 1380 g/mol. The lowest BCUT2D eigenvalue weighted by molar-refractivity contribution is -0.139. The van der Waals surface area contributed by atoms with Gasteiger partial charge in [-0.2, -0.15) is 39.5 Å². The van der Waals surface area contributed by atoms with Crippen LogP contribution < -0.4 is 31.4 Å². The number of methoxy groups -OCH3 is 3. The Labute approximate surface area is 553 Å². The minimum absolute atomic E-state index is 0.0492. The van der Waals surface area contributed by atoms with Crippen LogP contribution in [0.2, 0.25) is 0 Å². The highest BCUT2D eigenvalue weighted by atomic mass is 19.4. The first-order chi connectivity index (χ1) is 46.8. The van der Waals surface area contributed by atoms with Crippen molar-refractivity contribution in [3.05, 3.63) is 233 Å². The Bertz CT molecular complexity index is 4260. The van der Waals surface area contributed by atoms with Gasteiger partial charge in [-0.25, -0.2) is 58.1 Å². The van der Waals surface area contributed by atoms with E-state index in [0.29, 0.717) is 16.7 Å². The van der Waals surface area contributed by atoms with Gasteiger partial charge < -0.3 is 31.4 Å². The van der Waals surface area contributed by atoms with Crippen molar-refractivity contribution in [2.24, 2.45) is 32.2 Å². The molecule has 21 nitrogen and oxygen atoms in total. The minimum atomic E-state index is -4.76. The van der Waals surface area contributed by atoms with E-state index in [1.165, 1.54) is 132 Å². The maximum Gasteiger partial charge on any atom is 0.419 e. The van der Waals surface area contributed by atoms with Crippen LogP contribution in [0.15, 0.2) is 180 Å². The zero-order valence-corrected chi connectivity index (χ0v) is 52.2. The second-order valence-corrected chi connectivity index (χ2v) is 21.8. The lowest BCUT2D eigenvalue weighted by atomic mass is 9.81. The van der Waals surface area contributed by atoms with Crippen molar-refractivity contribution in [3.8, 4) is 50.6 Å². The number of nitrogens with two attached hydrogens (primary N) is 3. The number of halogens is 12. The fraction of sp³-hybridized carbons (Fsp3) is 0.182. The Hall–Kier alpha value is -12.1. The van der Waals surface area contributed by atoms with Crippen LogP contribution in [-0.4, -0.2) is 123 Å². The third-order valence-electron chi connectivity index (χ3n) is 16.3. The Morgan fingerprint density at radius 1 is 0.354 bits per heavy atom. The molecular weight excluding hydrogens is 1330 g/mol. The molecule has 0 saturated heterocycles. The van der Waals surface area contributed by atoms with Gasteiger partial charge in [-0.1, -0.05) is 36.4 Å². The smallest absolute Gasteiger partial charge is 0.419 e. The Kier molecular flexibility index (Phi) is 18.7. The van der Waals surface area contributed by atoms with E-state index in [9.17, 15) is 67.1 Å². The number of carbonyl (C=O) groups excluding carboxylic acids is 3. The summed E-state index contributed by atoms with van der Waals surface area (Å²) in [7, 11) is 7.39. The van der Waals surface area contributed by atoms with Crippen LogP contribution in [0, 0.1) is 17.5 Å². The predicted molar refractivity (Wildman–Crippen MR) is 332 cm³/mol. The molecule has 0 spiro atoms. The van der Waals surface area contributed by atoms with Gasteiger partial charge in [0, 0.05) is 91.7 Å². The summed E-state index contributed by atoms with van der Waals surface area (Å²) in [6.45, 7) is 0. The number of aliphatic imine (C=N–C) groups is 3. The van der Waals surface area contributed by atoms with Gasteiger partial charge in [-0.05, 0) is 106 Å². The third kappa shape index (κ3) is 12.6. The standard InChI is InChI=1S/3C22H17F4N5O2/c3*1-31-19(32)21(30-20(31)27,14-4-6-18(33-2)16(8-14)22(24,25)26)13-3-5-17(23)15(7-13)12-9-28-11-29-10-12/h3*3-11H,1-2H3,(H2,27,30)/t2*21-;/m10./s1. The SMILES string of the molecule is COc1ccc(C2(c3ccc(F)c(-c4cncnc4)c3)N=C(N)N(C)C2=O)cc1C(F)(F)F.COc1ccc([C@@]2(c3ccc(F)c(-c4cncnc4)c3)N=C(N)N(C)C2=O)cc1C(F)(F)F.COc1ccc([C@]2(c3ccc(F)c(-c4cncnc4)c3)N=C(N)N(C)C2=O)cc1C(F)(F)F. The molecule has 1 unspecified atom stereocenters. The number of nitrogens with zero attached hydrogens (tertiary/aromatic N) is 12. The van der Waals surface area contributed by atoms with E-state index in [4.69, 9.17) is 31.4 Å². The molecule has 0 fully saturated rings. The van der Waals surface area contributed by atoms with Crippen molar-refractivity contribution in [3.63, 3.8) is 0 Å². The summed E-state index contributed by atoms with van der Waals surface area (Å²) in [5.74, 6) is -5.83. The Balaban J connectivity index is 0.000000161. The minimum Gasteiger partial charge on any atom is -0.496 e. The second-order valence-electron chi connectivity index (χ2n) is 21.8. The summed E-state index contributed by atoms with van der Waals surface area (Å²) in [6, 6.07) is 20.8. The topological polar surface area (TPSA) is 281 Å². The van der Waals surface area contributed by atoms with Gasteiger partial charge in [0.15, 0.2) is 34.5 Å². The van der Waals surface area contributed by atoms with Gasteiger partial charge in [-0.15, -0.1) is 0 Å². The van der Waals surface area contributed by atoms with Crippen LogP contribution in [0.5, 0.6) is 17.2 Å². The Morgan fingerprint density at radius 3 is 0.758 bits per heavy atom. The van der Waals surface area contributed by atoms with Gasteiger partial charge in [0.1, 0.15) is 53.7 Å². The molecule has 99 heavy (non-hydrogen) atoms. The number of rotatable bonds is 12. The Morgan fingerprint density at radius 2 is 0.566 bits per heavy atom. The molecule has 6 N–H and O–H groups in total. The van der Waals surface area contributed by atoms with Gasteiger partial charge in [-0.3, -0.25) is 29.1 Å². The molecule has 0 saturated carbocycles. The maximum absolute atomic E-state index is 14.7. The van der Waals surface area contributed by atoms with E-state index in [-0.39, 0.29) is 67.9 Å². The molecule has 33 heteroatoms. The van der Waals surface area contributed by atoms with Crippen molar-refractivity contribution in [1.82, 2.24) is 44.6 Å². The molecule has 3 atom stereocenters. The number of amides is 3. The van der Waals surface area contributed by atoms with Crippen LogP contribution in [0.1, 0.15) is 50.1 Å². The van der Waals surface area contributed by atoms with E-state index in [0.717, 1.165) is 90.6 Å². The number of ether oxygens (including phenoxy) is 3.